The Morgan fingerprint density at radius 1 is 1.25 bits per heavy atom. The number of benzene rings is 2. The molecular weight excluding hydrogens is 391 g/mol. The van der Waals surface area contributed by atoms with Crippen LogP contribution in [0.4, 0.5) is 15.8 Å². The van der Waals surface area contributed by atoms with Crippen molar-refractivity contribution in [3.05, 3.63) is 70.0 Å². The van der Waals surface area contributed by atoms with Crippen LogP contribution in [0, 0.1) is 15.9 Å². The number of hydrogen-bond acceptors (Lipinski definition) is 6. The van der Waals surface area contributed by atoms with Crippen LogP contribution in [0.25, 0.3) is 0 Å². The third kappa shape index (κ3) is 5.58. The van der Waals surface area contributed by atoms with Gasteiger partial charge >= 0.3 is 0 Å². The molecule has 1 N–H and O–H groups in total. The van der Waals surface area contributed by atoms with Crippen LogP contribution in [0.5, 0.6) is 0 Å². The van der Waals surface area contributed by atoms with Gasteiger partial charge in [0.25, 0.3) is 11.6 Å². The minimum atomic E-state index is -3.89. The van der Waals surface area contributed by atoms with Gasteiger partial charge in [0.1, 0.15) is 12.4 Å². The topological polar surface area (TPSA) is 122 Å². The van der Waals surface area contributed by atoms with Crippen LogP contribution in [0.15, 0.2) is 53.6 Å². The van der Waals surface area contributed by atoms with E-state index < -0.39 is 33.2 Å². The molecule has 9 nitrogen and oxygen atoms in total. The standard InChI is InChI=1S/C17H17FN4O5S/c1-12(13-6-8-14(18)9-7-13)19-20-17(23)11-21(28(2,26)27)15-4-3-5-16(10-15)22(24)25/h3-10H,11H2,1-2H3,(H,20,23)/b19-12-. The first kappa shape index (κ1) is 21.0. The molecule has 0 atom stereocenters. The normalized spacial score (nSPS) is 11.8. The van der Waals surface area contributed by atoms with Crippen molar-refractivity contribution in [2.45, 2.75) is 6.92 Å². The maximum absolute atomic E-state index is 12.9. The summed E-state index contributed by atoms with van der Waals surface area (Å²) in [6, 6.07) is 10.4. The van der Waals surface area contributed by atoms with Crippen molar-refractivity contribution < 1.29 is 22.5 Å². The van der Waals surface area contributed by atoms with E-state index in [0.29, 0.717) is 11.3 Å². The van der Waals surface area contributed by atoms with Crippen molar-refractivity contribution in [3.8, 4) is 0 Å². The molecule has 0 saturated heterocycles. The van der Waals surface area contributed by atoms with Crippen LogP contribution in [0.1, 0.15) is 12.5 Å². The van der Waals surface area contributed by atoms with E-state index in [1.807, 2.05) is 0 Å². The highest BCUT2D eigenvalue weighted by molar-refractivity contribution is 7.92. The smallest absolute Gasteiger partial charge is 0.271 e. The lowest BCUT2D eigenvalue weighted by atomic mass is 10.1. The zero-order chi connectivity index (χ0) is 20.9. The van der Waals surface area contributed by atoms with Crippen molar-refractivity contribution in [2.24, 2.45) is 5.10 Å². The molecule has 0 aliphatic heterocycles. The van der Waals surface area contributed by atoms with Crippen LogP contribution >= 0.6 is 0 Å². The van der Waals surface area contributed by atoms with Crippen LogP contribution in [-0.4, -0.2) is 37.8 Å². The number of carbonyl (C=O) groups is 1. The number of hydrazone groups is 1. The van der Waals surface area contributed by atoms with Crippen molar-refractivity contribution in [3.63, 3.8) is 0 Å². The fourth-order valence-electron chi connectivity index (χ4n) is 2.23. The Morgan fingerprint density at radius 2 is 1.89 bits per heavy atom. The molecule has 2 aromatic rings. The maximum atomic E-state index is 12.9. The fraction of sp³-hybridized carbons (Fsp3) is 0.176. The van der Waals surface area contributed by atoms with Crippen molar-refractivity contribution in [2.75, 3.05) is 17.1 Å². The lowest BCUT2D eigenvalue weighted by Gasteiger charge is -2.21. The van der Waals surface area contributed by atoms with E-state index in [1.54, 1.807) is 6.92 Å². The molecule has 0 bridgehead atoms. The lowest BCUT2D eigenvalue weighted by Crippen LogP contribution is -2.39. The molecule has 0 aliphatic rings. The Labute approximate surface area is 160 Å². The minimum absolute atomic E-state index is 0.0221. The average Bonchev–Trinajstić information content (AvgIpc) is 2.64. The number of hydrogen-bond donors (Lipinski definition) is 1. The number of amides is 1. The predicted molar refractivity (Wildman–Crippen MR) is 102 cm³/mol. The number of non-ortho nitro benzene ring substituents is 1. The number of nitrogens with one attached hydrogen (secondary N) is 1. The van der Waals surface area contributed by atoms with E-state index in [9.17, 15) is 27.7 Å². The molecule has 0 radical (unpaired) electrons. The first-order chi connectivity index (χ1) is 13.1. The summed E-state index contributed by atoms with van der Waals surface area (Å²) < 4.78 is 37.8. The molecule has 148 valence electrons. The Morgan fingerprint density at radius 3 is 2.46 bits per heavy atom. The van der Waals surface area contributed by atoms with Crippen molar-refractivity contribution >= 4 is 33.0 Å². The Hall–Kier alpha value is -3.34. The second kappa shape index (κ2) is 8.57. The summed E-state index contributed by atoms with van der Waals surface area (Å²) in [5.41, 5.74) is 2.84. The molecule has 28 heavy (non-hydrogen) atoms. The van der Waals surface area contributed by atoms with Crippen LogP contribution < -0.4 is 9.73 Å². The van der Waals surface area contributed by atoms with Gasteiger partial charge in [-0.2, -0.15) is 5.10 Å². The number of rotatable bonds is 7. The van der Waals surface area contributed by atoms with Crippen molar-refractivity contribution in [1.82, 2.24) is 5.43 Å². The van der Waals surface area contributed by atoms with E-state index in [4.69, 9.17) is 0 Å². The Balaban J connectivity index is 2.18. The van der Waals surface area contributed by atoms with Gasteiger partial charge in [-0.1, -0.05) is 18.2 Å². The molecule has 11 heteroatoms. The molecule has 0 heterocycles. The second-order valence-corrected chi connectivity index (χ2v) is 7.69. The lowest BCUT2D eigenvalue weighted by molar-refractivity contribution is -0.384. The molecule has 1 amide bonds. The molecular formula is C17H17FN4O5S. The van der Waals surface area contributed by atoms with Gasteiger partial charge < -0.3 is 0 Å². The van der Waals surface area contributed by atoms with Gasteiger partial charge in [0.2, 0.25) is 10.0 Å². The SMILES string of the molecule is C/C(=N/NC(=O)CN(c1cccc([N+](=O)[O-])c1)S(C)(=O)=O)c1ccc(F)cc1. The van der Waals surface area contributed by atoms with E-state index in [1.165, 1.54) is 42.5 Å². The number of halogens is 1. The van der Waals surface area contributed by atoms with E-state index >= 15 is 0 Å². The average molecular weight is 408 g/mol. The predicted octanol–water partition coefficient (Wildman–Crippen LogP) is 2.04. The summed E-state index contributed by atoms with van der Waals surface area (Å²) in [5.74, 6) is -1.17. The van der Waals surface area contributed by atoms with Gasteiger partial charge in [-0.3, -0.25) is 19.2 Å². The van der Waals surface area contributed by atoms with Crippen LogP contribution in [0.3, 0.4) is 0 Å². The molecule has 0 saturated carbocycles. The first-order valence-corrected chi connectivity index (χ1v) is 9.74. The Bertz CT molecular complexity index is 1020. The van der Waals surface area contributed by atoms with E-state index in [0.717, 1.165) is 16.6 Å². The summed E-state index contributed by atoms with van der Waals surface area (Å²) in [4.78, 5) is 22.4. The number of nitro benzene ring substituents is 1. The van der Waals surface area contributed by atoms with Gasteiger partial charge in [-0.25, -0.2) is 18.2 Å². The van der Waals surface area contributed by atoms with Gasteiger partial charge in [0.05, 0.1) is 22.6 Å². The van der Waals surface area contributed by atoms with Crippen LogP contribution in [0.2, 0.25) is 0 Å². The highest BCUT2D eigenvalue weighted by atomic mass is 32.2. The molecule has 0 aliphatic carbocycles. The first-order valence-electron chi connectivity index (χ1n) is 7.89. The summed E-state index contributed by atoms with van der Waals surface area (Å²) in [6.45, 7) is 0.961. The van der Waals surface area contributed by atoms with Gasteiger partial charge in [-0.05, 0) is 30.7 Å². The van der Waals surface area contributed by atoms with Gasteiger partial charge in [-0.15, -0.1) is 0 Å². The number of carbonyl (C=O) groups excluding carboxylic acids is 1. The maximum Gasteiger partial charge on any atom is 0.271 e. The van der Waals surface area contributed by atoms with Gasteiger partial charge in [0, 0.05) is 12.1 Å². The Kier molecular flexibility index (Phi) is 6.41. The monoisotopic (exact) mass is 408 g/mol. The molecule has 2 aromatic carbocycles. The zero-order valence-corrected chi connectivity index (χ0v) is 15.8. The number of sulfonamides is 1. The quantitative estimate of drug-likeness (QED) is 0.427. The number of anilines is 1. The summed E-state index contributed by atoms with van der Waals surface area (Å²) >= 11 is 0. The third-order valence-corrected chi connectivity index (χ3v) is 4.77. The third-order valence-electron chi connectivity index (χ3n) is 3.63. The van der Waals surface area contributed by atoms with E-state index in [-0.39, 0.29) is 11.4 Å². The highest BCUT2D eigenvalue weighted by Crippen LogP contribution is 2.22. The second-order valence-electron chi connectivity index (χ2n) is 5.79. The molecule has 0 unspecified atom stereocenters. The molecule has 0 aromatic heterocycles. The minimum Gasteiger partial charge on any atom is -0.271 e. The summed E-state index contributed by atoms with van der Waals surface area (Å²) in [7, 11) is -3.89. The summed E-state index contributed by atoms with van der Waals surface area (Å²) in [5, 5.41) is 14.8. The number of nitro groups is 1. The fourth-order valence-corrected chi connectivity index (χ4v) is 3.08. The molecule has 2 rings (SSSR count). The van der Waals surface area contributed by atoms with Gasteiger partial charge in [0.15, 0.2) is 0 Å². The highest BCUT2D eigenvalue weighted by Gasteiger charge is 2.22. The van der Waals surface area contributed by atoms with E-state index in [2.05, 4.69) is 10.5 Å². The van der Waals surface area contributed by atoms with Crippen LogP contribution in [-0.2, 0) is 14.8 Å². The number of nitrogens with zero attached hydrogens (tertiary/aromatic N) is 3. The molecule has 0 fully saturated rings. The largest absolute Gasteiger partial charge is 0.271 e. The molecule has 0 spiro atoms. The zero-order valence-electron chi connectivity index (χ0n) is 15.0. The summed E-state index contributed by atoms with van der Waals surface area (Å²) in [6.07, 6.45) is 0.881. The van der Waals surface area contributed by atoms with Crippen molar-refractivity contribution in [1.29, 1.82) is 0 Å².